The van der Waals surface area contributed by atoms with Crippen molar-refractivity contribution in [3.63, 3.8) is 0 Å². The number of rotatable bonds is 4. The molecule has 1 atom stereocenters. The lowest BCUT2D eigenvalue weighted by Crippen LogP contribution is -2.40. The molecular weight excluding hydrogens is 318 g/mol. The fourth-order valence-electron chi connectivity index (χ4n) is 2.56. The fourth-order valence-corrected chi connectivity index (χ4v) is 2.56. The lowest BCUT2D eigenvalue weighted by Gasteiger charge is -2.20. The molecule has 1 aliphatic heterocycles. The third kappa shape index (κ3) is 3.52. The highest BCUT2D eigenvalue weighted by atomic mass is 16.7. The van der Waals surface area contributed by atoms with Crippen LogP contribution in [0, 0.1) is 0 Å². The van der Waals surface area contributed by atoms with Crippen LogP contribution in [0.25, 0.3) is 0 Å². The molecule has 6 heteroatoms. The van der Waals surface area contributed by atoms with Gasteiger partial charge in [-0.25, -0.2) is 0 Å². The Balaban J connectivity index is 1.67. The summed E-state index contributed by atoms with van der Waals surface area (Å²) in [4.78, 5) is 29.6. The third-order valence-electron chi connectivity index (χ3n) is 4.08. The number of nitrogens with one attached hydrogen (secondary N) is 2. The second-order valence-corrected chi connectivity index (χ2v) is 6.01. The van der Waals surface area contributed by atoms with Crippen LogP contribution in [-0.4, -0.2) is 30.2 Å². The topological polar surface area (TPSA) is 79.8 Å². The summed E-state index contributed by atoms with van der Waals surface area (Å²) in [5, 5.41) is 9.44. The number of nitrogens with zero attached hydrogens (tertiary/aromatic N) is 1. The molecule has 1 unspecified atom stereocenters. The fraction of sp³-hybridized carbons (Fsp3) is 0.211. The van der Waals surface area contributed by atoms with E-state index in [0.29, 0.717) is 17.7 Å². The van der Waals surface area contributed by atoms with Crippen LogP contribution in [0.3, 0.4) is 0 Å². The molecule has 0 bridgehead atoms. The van der Waals surface area contributed by atoms with Crippen molar-refractivity contribution < 1.29 is 14.4 Å². The first kappa shape index (κ1) is 16.7. The molecule has 25 heavy (non-hydrogen) atoms. The van der Waals surface area contributed by atoms with Gasteiger partial charge in [0, 0.05) is 24.7 Å². The van der Waals surface area contributed by atoms with E-state index in [9.17, 15) is 9.59 Å². The van der Waals surface area contributed by atoms with E-state index in [2.05, 4.69) is 15.8 Å². The normalized spacial score (nSPS) is 18.9. The average Bonchev–Trinajstić information content (AvgIpc) is 3.06. The quantitative estimate of drug-likeness (QED) is 0.900. The van der Waals surface area contributed by atoms with Crippen LogP contribution in [0.2, 0.25) is 0 Å². The lowest BCUT2D eigenvalue weighted by atomic mass is 9.95. The molecule has 2 amide bonds. The van der Waals surface area contributed by atoms with Crippen molar-refractivity contribution in [1.29, 1.82) is 0 Å². The van der Waals surface area contributed by atoms with E-state index in [0.717, 1.165) is 11.3 Å². The van der Waals surface area contributed by atoms with Crippen LogP contribution in [0.1, 0.15) is 29.3 Å². The molecule has 0 spiro atoms. The Hall–Kier alpha value is -3.15. The number of hydrogen-bond acceptors (Lipinski definition) is 4. The number of carbonyl (C=O) groups excluding carboxylic acids is 2. The number of anilines is 1. The monoisotopic (exact) mass is 337 g/mol. The highest BCUT2D eigenvalue weighted by Gasteiger charge is 2.42. The van der Waals surface area contributed by atoms with Crippen LogP contribution < -0.4 is 10.6 Å². The van der Waals surface area contributed by atoms with Gasteiger partial charge < -0.3 is 15.5 Å². The Kier molecular flexibility index (Phi) is 4.52. The van der Waals surface area contributed by atoms with Gasteiger partial charge >= 0.3 is 0 Å². The standard InChI is InChI=1S/C19H19N3O3/c1-19(12-16(22-25-19)13-6-4-3-5-7-13)18(24)21-15-10-8-14(9-11-15)17(23)20-2/h3-11H,12H2,1-2H3,(H,20,23)(H,21,24). The number of oxime groups is 1. The maximum absolute atomic E-state index is 12.6. The van der Waals surface area contributed by atoms with Crippen molar-refractivity contribution in [3.8, 4) is 0 Å². The van der Waals surface area contributed by atoms with Crippen molar-refractivity contribution >= 4 is 23.2 Å². The van der Waals surface area contributed by atoms with Crippen molar-refractivity contribution in [2.24, 2.45) is 5.16 Å². The minimum Gasteiger partial charge on any atom is -0.379 e. The van der Waals surface area contributed by atoms with Crippen LogP contribution in [0.15, 0.2) is 59.8 Å². The molecule has 128 valence electrons. The molecule has 0 aliphatic carbocycles. The molecule has 1 aliphatic rings. The highest BCUT2D eigenvalue weighted by Crippen LogP contribution is 2.28. The summed E-state index contributed by atoms with van der Waals surface area (Å²) < 4.78 is 0. The molecule has 0 fully saturated rings. The molecule has 2 aromatic rings. The van der Waals surface area contributed by atoms with Crippen LogP contribution in [-0.2, 0) is 9.63 Å². The third-order valence-corrected chi connectivity index (χ3v) is 4.08. The number of carbonyl (C=O) groups is 2. The number of hydrogen-bond donors (Lipinski definition) is 2. The van der Waals surface area contributed by atoms with Gasteiger partial charge in [0.1, 0.15) is 0 Å². The molecular formula is C19H19N3O3. The van der Waals surface area contributed by atoms with Gasteiger partial charge in [-0.3, -0.25) is 9.59 Å². The Morgan fingerprint density at radius 1 is 1.08 bits per heavy atom. The number of amides is 2. The minimum absolute atomic E-state index is 0.176. The van der Waals surface area contributed by atoms with E-state index in [4.69, 9.17) is 4.84 Å². The first-order valence-corrected chi connectivity index (χ1v) is 7.96. The molecule has 3 rings (SSSR count). The Labute approximate surface area is 145 Å². The predicted octanol–water partition coefficient (Wildman–Crippen LogP) is 2.57. The van der Waals surface area contributed by atoms with Gasteiger partial charge in [-0.15, -0.1) is 0 Å². The Morgan fingerprint density at radius 2 is 1.76 bits per heavy atom. The molecule has 0 radical (unpaired) electrons. The highest BCUT2D eigenvalue weighted by molar-refractivity contribution is 6.08. The first-order chi connectivity index (χ1) is 12.0. The van der Waals surface area contributed by atoms with Gasteiger partial charge in [-0.1, -0.05) is 35.5 Å². The molecule has 1 heterocycles. The van der Waals surface area contributed by atoms with Gasteiger partial charge in [0.05, 0.1) is 5.71 Å². The summed E-state index contributed by atoms with van der Waals surface area (Å²) in [6, 6.07) is 16.3. The summed E-state index contributed by atoms with van der Waals surface area (Å²) in [5.74, 6) is -0.459. The van der Waals surface area contributed by atoms with Gasteiger partial charge in [0.2, 0.25) is 5.60 Å². The van der Waals surface area contributed by atoms with E-state index >= 15 is 0 Å². The molecule has 6 nitrogen and oxygen atoms in total. The SMILES string of the molecule is CNC(=O)c1ccc(NC(=O)C2(C)CC(c3ccccc3)=NO2)cc1. The average molecular weight is 337 g/mol. The van der Waals surface area contributed by atoms with Crippen molar-refractivity contribution in [2.45, 2.75) is 18.9 Å². The first-order valence-electron chi connectivity index (χ1n) is 7.96. The smallest absolute Gasteiger partial charge is 0.271 e. The molecule has 2 aromatic carbocycles. The maximum atomic E-state index is 12.6. The molecule has 2 N–H and O–H groups in total. The van der Waals surface area contributed by atoms with Gasteiger partial charge in [0.25, 0.3) is 11.8 Å². The zero-order chi connectivity index (χ0) is 17.9. The van der Waals surface area contributed by atoms with E-state index in [1.165, 1.54) is 0 Å². The summed E-state index contributed by atoms with van der Waals surface area (Å²) in [5.41, 5.74) is 1.74. The van der Waals surface area contributed by atoms with Crippen molar-refractivity contribution in [1.82, 2.24) is 5.32 Å². The van der Waals surface area contributed by atoms with Crippen LogP contribution in [0.4, 0.5) is 5.69 Å². The van der Waals surface area contributed by atoms with Gasteiger partial charge in [0.15, 0.2) is 0 Å². The van der Waals surface area contributed by atoms with Crippen molar-refractivity contribution in [2.75, 3.05) is 12.4 Å². The minimum atomic E-state index is -1.06. The van der Waals surface area contributed by atoms with Gasteiger partial charge in [-0.05, 0) is 36.8 Å². The van der Waals surface area contributed by atoms with Crippen molar-refractivity contribution in [3.05, 3.63) is 65.7 Å². The Bertz CT molecular complexity index is 816. The summed E-state index contributed by atoms with van der Waals surface area (Å²) in [7, 11) is 1.57. The second-order valence-electron chi connectivity index (χ2n) is 6.01. The van der Waals surface area contributed by atoms with E-state index in [1.807, 2.05) is 30.3 Å². The molecule has 0 saturated heterocycles. The second kappa shape index (κ2) is 6.76. The van der Waals surface area contributed by atoms with E-state index < -0.39 is 5.60 Å². The van der Waals surface area contributed by atoms with E-state index in [-0.39, 0.29) is 11.8 Å². The summed E-state index contributed by atoms with van der Waals surface area (Å²) in [6.07, 6.45) is 0.388. The Morgan fingerprint density at radius 3 is 2.40 bits per heavy atom. The lowest BCUT2D eigenvalue weighted by molar-refractivity contribution is -0.135. The van der Waals surface area contributed by atoms with Crippen LogP contribution >= 0.6 is 0 Å². The maximum Gasteiger partial charge on any atom is 0.271 e. The molecule has 0 saturated carbocycles. The molecule has 0 aromatic heterocycles. The van der Waals surface area contributed by atoms with Crippen LogP contribution in [0.5, 0.6) is 0 Å². The summed E-state index contributed by atoms with van der Waals surface area (Å²) in [6.45, 7) is 1.71. The van der Waals surface area contributed by atoms with Gasteiger partial charge in [-0.2, -0.15) is 0 Å². The zero-order valence-electron chi connectivity index (χ0n) is 14.1. The van der Waals surface area contributed by atoms with E-state index in [1.54, 1.807) is 38.2 Å². The largest absolute Gasteiger partial charge is 0.379 e. The zero-order valence-corrected chi connectivity index (χ0v) is 14.1. The summed E-state index contributed by atoms with van der Waals surface area (Å²) >= 11 is 0. The number of benzene rings is 2. The predicted molar refractivity (Wildman–Crippen MR) is 95.5 cm³/mol.